The van der Waals surface area contributed by atoms with Crippen molar-refractivity contribution in [1.29, 1.82) is 0 Å². The Morgan fingerprint density at radius 3 is 1.92 bits per heavy atom. The van der Waals surface area contributed by atoms with Crippen molar-refractivity contribution in [3.8, 4) is 23.0 Å². The molecule has 0 saturated heterocycles. The highest BCUT2D eigenvalue weighted by Crippen LogP contribution is 2.39. The summed E-state index contributed by atoms with van der Waals surface area (Å²) in [5.74, 6) is -0.753. The molecule has 0 saturated carbocycles. The van der Waals surface area contributed by atoms with Gasteiger partial charge in [0.25, 0.3) is 0 Å². The average molecular weight is 184 g/mol. The van der Waals surface area contributed by atoms with E-state index in [0.717, 1.165) is 12.1 Å². The molecule has 0 atom stereocenters. The Hall–Kier alpha value is -1.58. The number of benzene rings is 1. The lowest BCUT2D eigenvalue weighted by molar-refractivity contribution is 0.220. The number of ether oxygens (including phenoxy) is 1. The van der Waals surface area contributed by atoms with E-state index < -0.39 is 0 Å². The third-order valence-electron chi connectivity index (χ3n) is 1.39. The molecule has 0 spiro atoms. The molecule has 13 heavy (non-hydrogen) atoms. The molecule has 4 nitrogen and oxygen atoms in total. The van der Waals surface area contributed by atoms with Gasteiger partial charge in [-0.1, -0.05) is 0 Å². The van der Waals surface area contributed by atoms with Gasteiger partial charge in [-0.15, -0.1) is 0 Å². The van der Waals surface area contributed by atoms with E-state index in [-0.39, 0.29) is 29.1 Å². The van der Waals surface area contributed by atoms with Crippen LogP contribution in [0.25, 0.3) is 0 Å². The topological polar surface area (TPSA) is 69.9 Å². The first-order chi connectivity index (χ1) is 6.00. The molecular weight excluding hydrogens is 172 g/mol. The summed E-state index contributed by atoms with van der Waals surface area (Å²) in [6, 6.07) is 2.22. The van der Waals surface area contributed by atoms with Gasteiger partial charge in [0.2, 0.25) is 5.75 Å². The summed E-state index contributed by atoms with van der Waals surface area (Å²) in [4.78, 5) is 0. The first-order valence-electron chi connectivity index (χ1n) is 3.92. The summed E-state index contributed by atoms with van der Waals surface area (Å²) in [6.07, 6.45) is -0.152. The maximum absolute atomic E-state index is 9.28. The minimum atomic E-state index is -0.272. The van der Waals surface area contributed by atoms with Crippen LogP contribution >= 0.6 is 0 Å². The Morgan fingerprint density at radius 2 is 1.54 bits per heavy atom. The SMILES string of the molecule is CC(C)Oc1c(O)cc(O)cc1O. The van der Waals surface area contributed by atoms with Gasteiger partial charge in [-0.3, -0.25) is 0 Å². The third kappa shape index (κ3) is 2.18. The zero-order valence-electron chi connectivity index (χ0n) is 7.48. The van der Waals surface area contributed by atoms with E-state index >= 15 is 0 Å². The number of phenolic OH excluding ortho intramolecular Hbond substituents is 3. The molecule has 0 amide bonds. The smallest absolute Gasteiger partial charge is 0.203 e. The second-order valence-corrected chi connectivity index (χ2v) is 2.98. The lowest BCUT2D eigenvalue weighted by Crippen LogP contribution is -2.05. The first-order valence-corrected chi connectivity index (χ1v) is 3.92. The van der Waals surface area contributed by atoms with E-state index in [1.165, 1.54) is 0 Å². The predicted octanol–water partition coefficient (Wildman–Crippen LogP) is 1.59. The summed E-state index contributed by atoms with van der Waals surface area (Å²) in [6.45, 7) is 3.54. The molecule has 0 unspecified atom stereocenters. The van der Waals surface area contributed by atoms with Crippen LogP contribution in [0.15, 0.2) is 12.1 Å². The van der Waals surface area contributed by atoms with E-state index in [0.29, 0.717) is 0 Å². The molecule has 0 heterocycles. The molecule has 0 aliphatic carbocycles. The van der Waals surface area contributed by atoms with Crippen molar-refractivity contribution >= 4 is 0 Å². The summed E-state index contributed by atoms with van der Waals surface area (Å²) in [5, 5.41) is 27.5. The maximum Gasteiger partial charge on any atom is 0.203 e. The highest BCUT2D eigenvalue weighted by atomic mass is 16.5. The molecule has 1 aromatic rings. The van der Waals surface area contributed by atoms with Crippen molar-refractivity contribution in [2.75, 3.05) is 0 Å². The lowest BCUT2D eigenvalue weighted by Gasteiger charge is -2.12. The average Bonchev–Trinajstić information content (AvgIpc) is 1.96. The fraction of sp³-hybridized carbons (Fsp3) is 0.333. The van der Waals surface area contributed by atoms with Crippen molar-refractivity contribution < 1.29 is 20.1 Å². The minimum Gasteiger partial charge on any atom is -0.508 e. The van der Waals surface area contributed by atoms with Gasteiger partial charge in [-0.25, -0.2) is 0 Å². The van der Waals surface area contributed by atoms with Crippen molar-refractivity contribution in [3.05, 3.63) is 12.1 Å². The van der Waals surface area contributed by atoms with Crippen LogP contribution < -0.4 is 4.74 Å². The largest absolute Gasteiger partial charge is 0.508 e. The van der Waals surface area contributed by atoms with Crippen LogP contribution in [0, 0.1) is 0 Å². The second-order valence-electron chi connectivity index (χ2n) is 2.98. The van der Waals surface area contributed by atoms with Crippen LogP contribution in [0.3, 0.4) is 0 Å². The van der Waals surface area contributed by atoms with Gasteiger partial charge in [-0.05, 0) is 13.8 Å². The van der Waals surface area contributed by atoms with E-state index in [1.54, 1.807) is 13.8 Å². The molecule has 0 aliphatic rings. The van der Waals surface area contributed by atoms with Crippen LogP contribution in [-0.4, -0.2) is 21.4 Å². The minimum absolute atomic E-state index is 0.00667. The van der Waals surface area contributed by atoms with Crippen LogP contribution in [0.4, 0.5) is 0 Å². The fourth-order valence-corrected chi connectivity index (χ4v) is 0.941. The Labute approximate surface area is 76.0 Å². The van der Waals surface area contributed by atoms with Crippen molar-refractivity contribution in [1.82, 2.24) is 0 Å². The van der Waals surface area contributed by atoms with Crippen molar-refractivity contribution in [2.45, 2.75) is 20.0 Å². The van der Waals surface area contributed by atoms with Gasteiger partial charge >= 0.3 is 0 Å². The lowest BCUT2D eigenvalue weighted by atomic mass is 10.2. The molecule has 0 bridgehead atoms. The number of aromatic hydroxyl groups is 3. The van der Waals surface area contributed by atoms with Gasteiger partial charge in [0, 0.05) is 12.1 Å². The Bertz CT molecular complexity index is 283. The molecule has 0 aliphatic heterocycles. The molecule has 0 radical (unpaired) electrons. The second kappa shape index (κ2) is 3.43. The van der Waals surface area contributed by atoms with E-state index in [4.69, 9.17) is 9.84 Å². The molecule has 3 N–H and O–H groups in total. The van der Waals surface area contributed by atoms with Gasteiger partial charge in [0.1, 0.15) is 5.75 Å². The normalized spacial score (nSPS) is 10.4. The van der Waals surface area contributed by atoms with Crippen LogP contribution in [0.5, 0.6) is 23.0 Å². The first kappa shape index (κ1) is 9.51. The maximum atomic E-state index is 9.28. The highest BCUT2D eigenvalue weighted by molar-refractivity contribution is 5.53. The molecular formula is C9H12O4. The molecule has 1 rings (SSSR count). The van der Waals surface area contributed by atoms with Gasteiger partial charge in [-0.2, -0.15) is 0 Å². The highest BCUT2D eigenvalue weighted by Gasteiger charge is 2.11. The molecule has 4 heteroatoms. The quantitative estimate of drug-likeness (QED) is 0.652. The summed E-state index contributed by atoms with van der Waals surface area (Å²) in [7, 11) is 0. The van der Waals surface area contributed by atoms with Gasteiger partial charge in [0.05, 0.1) is 6.10 Å². The number of hydrogen-bond donors (Lipinski definition) is 3. The Kier molecular flexibility index (Phi) is 2.51. The van der Waals surface area contributed by atoms with Gasteiger partial charge < -0.3 is 20.1 Å². The van der Waals surface area contributed by atoms with E-state index in [2.05, 4.69) is 0 Å². The zero-order valence-corrected chi connectivity index (χ0v) is 7.48. The Balaban J connectivity index is 3.06. The molecule has 0 fully saturated rings. The van der Waals surface area contributed by atoms with Crippen LogP contribution in [0.1, 0.15) is 13.8 Å². The predicted molar refractivity (Wildman–Crippen MR) is 47.2 cm³/mol. The number of hydrogen-bond acceptors (Lipinski definition) is 4. The third-order valence-corrected chi connectivity index (χ3v) is 1.39. The molecule has 72 valence electrons. The van der Waals surface area contributed by atoms with Crippen molar-refractivity contribution in [2.24, 2.45) is 0 Å². The fourth-order valence-electron chi connectivity index (χ4n) is 0.941. The standard InChI is InChI=1S/C9H12O4/c1-5(2)13-9-7(11)3-6(10)4-8(9)12/h3-5,10-12H,1-2H3. The van der Waals surface area contributed by atoms with E-state index in [9.17, 15) is 10.2 Å². The number of rotatable bonds is 2. The summed E-state index contributed by atoms with van der Waals surface area (Å²) < 4.78 is 5.12. The summed E-state index contributed by atoms with van der Waals surface area (Å²) >= 11 is 0. The van der Waals surface area contributed by atoms with E-state index in [1.807, 2.05) is 0 Å². The molecule has 1 aromatic carbocycles. The molecule has 0 aromatic heterocycles. The Morgan fingerprint density at radius 1 is 1.08 bits per heavy atom. The van der Waals surface area contributed by atoms with Crippen molar-refractivity contribution in [3.63, 3.8) is 0 Å². The number of phenols is 3. The summed E-state index contributed by atoms with van der Waals surface area (Å²) in [5.41, 5.74) is 0. The monoisotopic (exact) mass is 184 g/mol. The van der Waals surface area contributed by atoms with Gasteiger partial charge in [0.15, 0.2) is 11.5 Å². The van der Waals surface area contributed by atoms with Crippen LogP contribution in [0.2, 0.25) is 0 Å². The zero-order chi connectivity index (χ0) is 10.0. The van der Waals surface area contributed by atoms with Crippen LogP contribution in [-0.2, 0) is 0 Å².